The molecule has 0 radical (unpaired) electrons. The molecule has 0 aromatic heterocycles. The van der Waals surface area contributed by atoms with Crippen molar-refractivity contribution in [2.24, 2.45) is 5.73 Å². The van der Waals surface area contributed by atoms with Gasteiger partial charge in [0.15, 0.2) is 5.78 Å². The Bertz CT molecular complexity index is 552. The largest absolute Gasteiger partial charge is 0.480 e. The van der Waals surface area contributed by atoms with E-state index in [2.05, 4.69) is 0 Å². The lowest BCUT2D eigenvalue weighted by atomic mass is 10.0. The van der Waals surface area contributed by atoms with Crippen molar-refractivity contribution in [3.8, 4) is 0 Å². The number of carbonyl (C=O) groups is 3. The number of alkyl halides is 3. The zero-order valence-electron chi connectivity index (χ0n) is 10.7. The minimum absolute atomic E-state index is 0. The quantitative estimate of drug-likeness (QED) is 0.617. The average Bonchev–Trinajstić information content (AvgIpc) is 2.38. The van der Waals surface area contributed by atoms with Gasteiger partial charge in [0.1, 0.15) is 6.04 Å². The van der Waals surface area contributed by atoms with Gasteiger partial charge in [0.05, 0.1) is 6.42 Å². The highest BCUT2D eigenvalue weighted by Crippen LogP contribution is 2.19. The number of nitrogens with two attached hydrogens (primary N) is 1. The highest BCUT2D eigenvalue weighted by atomic mass is 19.4. The van der Waals surface area contributed by atoms with Gasteiger partial charge >= 0.3 is 12.1 Å². The minimum Gasteiger partial charge on any atom is -0.480 e. The summed E-state index contributed by atoms with van der Waals surface area (Å²) in [6, 6.07) is 4.12. The van der Waals surface area contributed by atoms with Crippen LogP contribution in [0.2, 0.25) is 0 Å². The minimum atomic E-state index is -5.04. The zero-order valence-corrected chi connectivity index (χ0v) is 10.7. The third kappa shape index (κ3) is 5.65. The molecular weight excluding hydrogens is 303 g/mol. The van der Waals surface area contributed by atoms with Crippen LogP contribution in [0.25, 0.3) is 0 Å². The maximum Gasteiger partial charge on any atom is 0.450 e. The molecule has 1 unspecified atom stereocenters. The van der Waals surface area contributed by atoms with E-state index in [1.165, 1.54) is 24.3 Å². The van der Waals surface area contributed by atoms with Crippen LogP contribution in [-0.4, -0.2) is 34.9 Å². The van der Waals surface area contributed by atoms with Gasteiger partial charge in [0.25, 0.3) is 0 Å². The van der Waals surface area contributed by atoms with Gasteiger partial charge in [-0.3, -0.25) is 14.4 Å². The Morgan fingerprint density at radius 2 is 1.64 bits per heavy atom. The monoisotopic (exact) mass is 319 g/mol. The van der Waals surface area contributed by atoms with E-state index in [1.807, 2.05) is 0 Å². The van der Waals surface area contributed by atoms with Crippen molar-refractivity contribution in [3.05, 3.63) is 35.4 Å². The molecule has 0 saturated carbocycles. The molecule has 1 aromatic carbocycles. The second-order valence-electron chi connectivity index (χ2n) is 4.37. The molecule has 0 heterocycles. The lowest BCUT2D eigenvalue weighted by Gasteiger charge is -2.07. The summed E-state index contributed by atoms with van der Waals surface area (Å²) < 4.78 is 36.1. The van der Waals surface area contributed by atoms with Crippen LogP contribution in [0, 0.1) is 0 Å². The highest BCUT2D eigenvalue weighted by molar-refractivity contribution is 6.09. The Morgan fingerprint density at radius 3 is 2.05 bits per heavy atom. The fourth-order valence-corrected chi connectivity index (χ4v) is 1.52. The van der Waals surface area contributed by atoms with E-state index >= 15 is 0 Å². The summed E-state index contributed by atoms with van der Waals surface area (Å²) in [6.45, 7) is 0. The predicted molar refractivity (Wildman–Crippen MR) is 72.5 cm³/mol. The van der Waals surface area contributed by atoms with Crippen molar-refractivity contribution in [2.75, 3.05) is 0 Å². The Morgan fingerprint density at radius 1 is 1.14 bits per heavy atom. The maximum absolute atomic E-state index is 12.0. The molecule has 0 bridgehead atoms. The Hall–Kier alpha value is -2.22. The van der Waals surface area contributed by atoms with E-state index in [0.717, 1.165) is 0 Å². The molecule has 0 saturated heterocycles. The van der Waals surface area contributed by atoms with Crippen LogP contribution in [0.4, 0.5) is 13.2 Å². The van der Waals surface area contributed by atoms with Crippen molar-refractivity contribution < 1.29 is 32.7 Å². The number of carboxylic acids is 1. The van der Waals surface area contributed by atoms with Crippen molar-refractivity contribution in [2.45, 2.75) is 32.5 Å². The van der Waals surface area contributed by atoms with Crippen molar-refractivity contribution in [1.82, 2.24) is 0 Å². The number of ketones is 2. The first-order valence-corrected chi connectivity index (χ1v) is 5.82. The van der Waals surface area contributed by atoms with Crippen LogP contribution < -0.4 is 5.73 Å². The van der Waals surface area contributed by atoms with Gasteiger partial charge in [-0.25, -0.2) is 0 Å². The summed E-state index contributed by atoms with van der Waals surface area (Å²) in [5, 5.41) is 8.64. The summed E-state index contributed by atoms with van der Waals surface area (Å²) in [5.74, 6) is -4.25. The maximum atomic E-state index is 12.0. The lowest BCUT2D eigenvalue weighted by molar-refractivity contribution is -0.170. The number of benzene rings is 1. The van der Waals surface area contributed by atoms with E-state index in [1.54, 1.807) is 0 Å². The van der Waals surface area contributed by atoms with Crippen LogP contribution in [0.3, 0.4) is 0 Å². The number of Topliss-reactive ketones (excluding diaryl/α,β-unsaturated/α-hetero) is 2. The second kappa shape index (κ2) is 7.69. The molecule has 1 rings (SSSR count). The van der Waals surface area contributed by atoms with Crippen LogP contribution in [0.5, 0.6) is 0 Å². The Kier molecular flexibility index (Phi) is 6.92. The number of hydrogen-bond acceptors (Lipinski definition) is 4. The van der Waals surface area contributed by atoms with Gasteiger partial charge in [0, 0.05) is 5.56 Å². The molecule has 122 valence electrons. The highest BCUT2D eigenvalue weighted by Gasteiger charge is 2.39. The molecule has 1 aromatic rings. The smallest absolute Gasteiger partial charge is 0.450 e. The first-order chi connectivity index (χ1) is 9.61. The van der Waals surface area contributed by atoms with E-state index < -0.39 is 36.2 Å². The summed E-state index contributed by atoms with van der Waals surface area (Å²) >= 11 is 0. The molecule has 0 fully saturated rings. The van der Waals surface area contributed by atoms with Gasteiger partial charge < -0.3 is 10.8 Å². The number of halogens is 3. The van der Waals surface area contributed by atoms with E-state index in [-0.39, 0.29) is 19.4 Å². The topological polar surface area (TPSA) is 97.5 Å². The molecule has 3 N–H and O–H groups in total. The molecule has 0 aliphatic carbocycles. The number of rotatable bonds is 6. The van der Waals surface area contributed by atoms with Crippen LogP contribution in [0.1, 0.15) is 29.8 Å². The molecule has 5 nitrogen and oxygen atoms in total. The first kappa shape index (κ1) is 19.8. The second-order valence-corrected chi connectivity index (χ2v) is 4.37. The SMILES string of the molecule is C.NC(Cc1ccc(C(=O)CC(=O)C(F)(F)F)cc1)C(=O)O. The molecule has 8 heteroatoms. The fraction of sp³-hybridized carbons (Fsp3) is 0.357. The van der Waals surface area contributed by atoms with Crippen molar-refractivity contribution >= 4 is 17.5 Å². The Labute approximate surface area is 124 Å². The number of hydrogen-bond donors (Lipinski definition) is 2. The standard InChI is InChI=1S/C13H12F3NO4.CH4/c14-13(15,16)11(19)6-10(18)8-3-1-7(2-4-8)5-9(17)12(20)21;/h1-4,9H,5-6,17H2,(H,20,21);1H4. The summed E-state index contributed by atoms with van der Waals surface area (Å²) in [4.78, 5) is 32.8. The molecule has 1 atom stereocenters. The first-order valence-electron chi connectivity index (χ1n) is 5.82. The van der Waals surface area contributed by atoms with Gasteiger partial charge in [-0.1, -0.05) is 31.7 Å². The van der Waals surface area contributed by atoms with Gasteiger partial charge in [-0.05, 0) is 12.0 Å². The third-order valence-electron chi connectivity index (χ3n) is 2.69. The predicted octanol–water partition coefficient (Wildman–Crippen LogP) is 1.98. The molecule has 22 heavy (non-hydrogen) atoms. The molecule has 0 aliphatic rings. The van der Waals surface area contributed by atoms with Crippen LogP contribution in [-0.2, 0) is 16.0 Å². The Balaban J connectivity index is 0.00000441. The van der Waals surface area contributed by atoms with Gasteiger partial charge in [-0.2, -0.15) is 13.2 Å². The third-order valence-corrected chi connectivity index (χ3v) is 2.69. The van der Waals surface area contributed by atoms with Crippen LogP contribution >= 0.6 is 0 Å². The average molecular weight is 319 g/mol. The molecule has 0 aliphatic heterocycles. The van der Waals surface area contributed by atoms with E-state index in [0.29, 0.717) is 5.56 Å². The van der Waals surface area contributed by atoms with E-state index in [4.69, 9.17) is 10.8 Å². The zero-order chi connectivity index (χ0) is 16.2. The molecule has 0 amide bonds. The number of aliphatic carboxylic acids is 1. The van der Waals surface area contributed by atoms with Crippen molar-refractivity contribution in [1.29, 1.82) is 0 Å². The van der Waals surface area contributed by atoms with Crippen molar-refractivity contribution in [3.63, 3.8) is 0 Å². The normalized spacial score (nSPS) is 12.2. The summed E-state index contributed by atoms with van der Waals surface area (Å²) in [7, 11) is 0. The summed E-state index contributed by atoms with van der Waals surface area (Å²) in [5.41, 5.74) is 5.79. The van der Waals surface area contributed by atoms with E-state index in [9.17, 15) is 27.6 Å². The van der Waals surface area contributed by atoms with Gasteiger partial charge in [-0.15, -0.1) is 0 Å². The molecule has 0 spiro atoms. The van der Waals surface area contributed by atoms with Crippen LogP contribution in [0.15, 0.2) is 24.3 Å². The fourth-order valence-electron chi connectivity index (χ4n) is 1.52. The summed E-state index contributed by atoms with van der Waals surface area (Å²) in [6.07, 6.45) is -6.27. The van der Waals surface area contributed by atoms with Gasteiger partial charge in [0.2, 0.25) is 5.78 Å². The number of carbonyl (C=O) groups excluding carboxylic acids is 2. The number of carboxylic acid groups (broad SMARTS) is 1. The lowest BCUT2D eigenvalue weighted by Crippen LogP contribution is -2.32. The molecular formula is C14H16F3NO4.